The van der Waals surface area contributed by atoms with Crippen molar-refractivity contribution >= 4 is 12.0 Å². The van der Waals surface area contributed by atoms with Crippen LogP contribution in [0.15, 0.2) is 18.9 Å². The second-order valence-corrected chi connectivity index (χ2v) is 3.84. The van der Waals surface area contributed by atoms with Crippen molar-refractivity contribution in [3.05, 3.63) is 30.4 Å². The molecule has 10 nitrogen and oxygen atoms in total. The van der Waals surface area contributed by atoms with E-state index in [1.165, 1.54) is 18.9 Å². The van der Waals surface area contributed by atoms with E-state index < -0.39 is 5.97 Å². The van der Waals surface area contributed by atoms with Gasteiger partial charge < -0.3 is 20.3 Å². The van der Waals surface area contributed by atoms with Gasteiger partial charge in [-0.2, -0.15) is 5.10 Å². The Hall–Kier alpha value is -2.91. The fourth-order valence-electron chi connectivity index (χ4n) is 1.43. The highest BCUT2D eigenvalue weighted by atomic mass is 16.4. The number of carbonyl (C=O) groups excluding carboxylic acids is 1. The maximum Gasteiger partial charge on any atom is 0.356 e. The van der Waals surface area contributed by atoms with Crippen LogP contribution in [0.4, 0.5) is 4.79 Å². The molecule has 0 aliphatic rings. The highest BCUT2D eigenvalue weighted by Crippen LogP contribution is 1.95. The minimum atomic E-state index is -1.08. The van der Waals surface area contributed by atoms with Gasteiger partial charge in [0.05, 0.1) is 12.9 Å². The summed E-state index contributed by atoms with van der Waals surface area (Å²) < 4.78 is 1.58. The zero-order valence-corrected chi connectivity index (χ0v) is 10.4. The van der Waals surface area contributed by atoms with Gasteiger partial charge in [-0.3, -0.25) is 5.10 Å². The van der Waals surface area contributed by atoms with E-state index in [1.54, 1.807) is 4.57 Å². The molecule has 0 saturated carbocycles. The Bertz CT molecular complexity index is 577. The predicted molar refractivity (Wildman–Crippen MR) is 65.8 cm³/mol. The first-order chi connectivity index (χ1) is 9.65. The van der Waals surface area contributed by atoms with Crippen LogP contribution in [-0.4, -0.2) is 48.4 Å². The standard InChI is InChI=1S/C10H13N7O3/c18-9(19)7-4-17(6-14-7)2-1-11-10(20)12-3-8-13-5-15-16-8/h4-6H,1-3H2,(H,18,19)(H2,11,12,20)(H,13,15,16). The van der Waals surface area contributed by atoms with Gasteiger partial charge >= 0.3 is 12.0 Å². The van der Waals surface area contributed by atoms with Gasteiger partial charge in [0.1, 0.15) is 12.2 Å². The largest absolute Gasteiger partial charge is 0.476 e. The second kappa shape index (κ2) is 6.31. The first kappa shape index (κ1) is 13.5. The summed E-state index contributed by atoms with van der Waals surface area (Å²) in [6, 6.07) is -0.347. The molecule has 2 amide bonds. The summed E-state index contributed by atoms with van der Waals surface area (Å²) in [5.41, 5.74) is -0.0280. The van der Waals surface area contributed by atoms with Gasteiger partial charge in [0, 0.05) is 19.3 Å². The molecule has 0 fully saturated rings. The molecule has 2 rings (SSSR count). The van der Waals surface area contributed by atoms with E-state index >= 15 is 0 Å². The Morgan fingerprint density at radius 1 is 1.35 bits per heavy atom. The van der Waals surface area contributed by atoms with Crippen LogP contribution in [0.2, 0.25) is 0 Å². The molecule has 0 aromatic carbocycles. The number of H-pyrrole nitrogens is 1. The highest BCUT2D eigenvalue weighted by Gasteiger charge is 2.06. The normalized spacial score (nSPS) is 10.2. The third kappa shape index (κ3) is 3.80. The third-order valence-corrected chi connectivity index (χ3v) is 2.39. The molecule has 0 radical (unpaired) electrons. The Morgan fingerprint density at radius 2 is 2.20 bits per heavy atom. The molecule has 0 bridgehead atoms. The summed E-state index contributed by atoms with van der Waals surface area (Å²) in [6.45, 7) is 1.02. The lowest BCUT2D eigenvalue weighted by Gasteiger charge is -2.06. The Kier molecular flexibility index (Phi) is 4.27. The number of carboxylic acids is 1. The summed E-state index contributed by atoms with van der Waals surface area (Å²) in [5, 5.41) is 20.2. The van der Waals surface area contributed by atoms with Crippen molar-refractivity contribution in [2.45, 2.75) is 13.1 Å². The Balaban J connectivity index is 1.67. The summed E-state index contributed by atoms with van der Waals surface area (Å²) >= 11 is 0. The van der Waals surface area contributed by atoms with Gasteiger partial charge in [-0.1, -0.05) is 0 Å². The van der Waals surface area contributed by atoms with Crippen molar-refractivity contribution in [3.8, 4) is 0 Å². The monoisotopic (exact) mass is 279 g/mol. The average molecular weight is 279 g/mol. The Morgan fingerprint density at radius 3 is 2.85 bits per heavy atom. The number of aromatic amines is 1. The van der Waals surface area contributed by atoms with E-state index in [-0.39, 0.29) is 18.3 Å². The lowest BCUT2D eigenvalue weighted by Crippen LogP contribution is -2.36. The highest BCUT2D eigenvalue weighted by molar-refractivity contribution is 5.84. The lowest BCUT2D eigenvalue weighted by atomic mass is 10.5. The van der Waals surface area contributed by atoms with E-state index in [0.29, 0.717) is 18.9 Å². The quantitative estimate of drug-likeness (QED) is 0.546. The van der Waals surface area contributed by atoms with Gasteiger partial charge in [-0.05, 0) is 0 Å². The van der Waals surface area contributed by atoms with Crippen LogP contribution in [0, 0.1) is 0 Å². The van der Waals surface area contributed by atoms with Crippen molar-refractivity contribution in [1.82, 2.24) is 35.4 Å². The van der Waals surface area contributed by atoms with Gasteiger partial charge in [0.2, 0.25) is 0 Å². The van der Waals surface area contributed by atoms with Crippen molar-refractivity contribution < 1.29 is 14.7 Å². The number of hydrogen-bond donors (Lipinski definition) is 4. The second-order valence-electron chi connectivity index (χ2n) is 3.84. The van der Waals surface area contributed by atoms with Crippen LogP contribution >= 0.6 is 0 Å². The molecule has 2 aromatic heterocycles. The first-order valence-corrected chi connectivity index (χ1v) is 5.76. The van der Waals surface area contributed by atoms with Crippen molar-refractivity contribution in [1.29, 1.82) is 0 Å². The zero-order chi connectivity index (χ0) is 14.4. The third-order valence-electron chi connectivity index (χ3n) is 2.39. The fraction of sp³-hybridized carbons (Fsp3) is 0.300. The number of aromatic nitrogens is 5. The first-order valence-electron chi connectivity index (χ1n) is 5.76. The molecule has 10 heteroatoms. The van der Waals surface area contributed by atoms with Crippen molar-refractivity contribution in [3.63, 3.8) is 0 Å². The minimum Gasteiger partial charge on any atom is -0.476 e. The van der Waals surface area contributed by atoms with Gasteiger partial charge in [0.15, 0.2) is 5.69 Å². The minimum absolute atomic E-state index is 0.0280. The van der Waals surface area contributed by atoms with Crippen LogP contribution in [0.5, 0.6) is 0 Å². The fourth-order valence-corrected chi connectivity index (χ4v) is 1.43. The summed E-state index contributed by atoms with van der Waals surface area (Å²) in [7, 11) is 0. The van der Waals surface area contributed by atoms with E-state index in [4.69, 9.17) is 5.11 Å². The number of carboxylic acid groups (broad SMARTS) is 1. The van der Waals surface area contributed by atoms with Gasteiger partial charge in [-0.25, -0.2) is 19.6 Å². The molecule has 106 valence electrons. The average Bonchev–Trinajstić information content (AvgIpc) is 3.07. The maximum absolute atomic E-state index is 11.4. The van der Waals surface area contributed by atoms with Crippen molar-refractivity contribution in [2.75, 3.05) is 6.54 Å². The summed E-state index contributed by atoms with van der Waals surface area (Å²) in [4.78, 5) is 29.6. The van der Waals surface area contributed by atoms with Crippen LogP contribution < -0.4 is 10.6 Å². The molecular weight excluding hydrogens is 266 g/mol. The molecule has 4 N–H and O–H groups in total. The van der Waals surface area contributed by atoms with Gasteiger partial charge in [-0.15, -0.1) is 0 Å². The number of amides is 2. The smallest absolute Gasteiger partial charge is 0.356 e. The molecule has 2 aromatic rings. The number of carbonyl (C=O) groups is 2. The summed E-state index contributed by atoms with van der Waals surface area (Å²) in [6.07, 6.45) is 4.15. The summed E-state index contributed by atoms with van der Waals surface area (Å²) in [5.74, 6) is -0.526. The number of rotatable bonds is 6. The van der Waals surface area contributed by atoms with Gasteiger partial charge in [0.25, 0.3) is 0 Å². The van der Waals surface area contributed by atoms with Crippen LogP contribution in [0.3, 0.4) is 0 Å². The van der Waals surface area contributed by atoms with Crippen molar-refractivity contribution in [2.24, 2.45) is 0 Å². The van der Waals surface area contributed by atoms with Crippen LogP contribution in [-0.2, 0) is 13.1 Å². The number of hydrogen-bond acceptors (Lipinski definition) is 5. The number of nitrogens with zero attached hydrogens (tertiary/aromatic N) is 4. The molecule has 2 heterocycles. The number of urea groups is 1. The number of imidazole rings is 1. The molecular formula is C10H13N7O3. The molecule has 0 spiro atoms. The molecule has 20 heavy (non-hydrogen) atoms. The van der Waals surface area contributed by atoms with E-state index in [1.807, 2.05) is 0 Å². The molecule has 0 unspecified atom stereocenters. The predicted octanol–water partition coefficient (Wildman–Crippen LogP) is -0.801. The Labute approximate surface area is 113 Å². The zero-order valence-electron chi connectivity index (χ0n) is 10.4. The molecule has 0 aliphatic carbocycles. The van der Waals surface area contributed by atoms with E-state index in [0.717, 1.165) is 0 Å². The molecule has 0 atom stereocenters. The topological polar surface area (TPSA) is 138 Å². The molecule has 0 aliphatic heterocycles. The maximum atomic E-state index is 11.4. The SMILES string of the molecule is O=C(NCCn1cnc(C(=O)O)c1)NCc1ncn[nH]1. The van der Waals surface area contributed by atoms with Crippen LogP contribution in [0.25, 0.3) is 0 Å². The number of aromatic carboxylic acids is 1. The number of nitrogens with one attached hydrogen (secondary N) is 3. The molecule has 0 saturated heterocycles. The van der Waals surface area contributed by atoms with E-state index in [9.17, 15) is 9.59 Å². The van der Waals surface area contributed by atoms with Crippen LogP contribution in [0.1, 0.15) is 16.3 Å². The van der Waals surface area contributed by atoms with E-state index in [2.05, 4.69) is 30.8 Å². The lowest BCUT2D eigenvalue weighted by molar-refractivity contribution is 0.0691.